The number of hydrogen-bond donors (Lipinski definition) is 0. The third kappa shape index (κ3) is 4.88. The zero-order valence-electron chi connectivity index (χ0n) is 34.7. The van der Waals surface area contributed by atoms with Crippen LogP contribution in [0.3, 0.4) is 0 Å². The van der Waals surface area contributed by atoms with Gasteiger partial charge in [-0.1, -0.05) is 146 Å². The summed E-state index contributed by atoms with van der Waals surface area (Å²) in [5.74, 6) is 0. The fraction of sp³-hybridized carbons (Fsp3) is 0. The number of aromatic nitrogens is 4. The van der Waals surface area contributed by atoms with Gasteiger partial charge in [-0.05, 0) is 84.9 Å². The molecule has 10 aromatic carbocycles. The van der Waals surface area contributed by atoms with E-state index in [0.29, 0.717) is 0 Å². The molecule has 0 aliphatic heterocycles. The molecule has 4 aromatic heterocycles. The molecule has 0 amide bonds. The van der Waals surface area contributed by atoms with Crippen molar-refractivity contribution in [3.63, 3.8) is 0 Å². The Balaban J connectivity index is 1.17. The minimum atomic E-state index is 1.10. The van der Waals surface area contributed by atoms with E-state index in [-0.39, 0.29) is 0 Å². The lowest BCUT2D eigenvalue weighted by Gasteiger charge is -2.22. The van der Waals surface area contributed by atoms with E-state index in [2.05, 4.69) is 249 Å². The van der Waals surface area contributed by atoms with Crippen molar-refractivity contribution in [3.8, 4) is 33.9 Å². The number of rotatable bonds is 5. The van der Waals surface area contributed by atoms with Crippen molar-refractivity contribution in [2.24, 2.45) is 0 Å². The van der Waals surface area contributed by atoms with Gasteiger partial charge in [0.1, 0.15) is 0 Å². The summed E-state index contributed by atoms with van der Waals surface area (Å²) in [5.41, 5.74) is 16.1. The third-order valence-electron chi connectivity index (χ3n) is 13.6. The summed E-state index contributed by atoms with van der Waals surface area (Å²) in [6, 6.07) is 84.8. The van der Waals surface area contributed by atoms with Crippen LogP contribution in [0.15, 0.2) is 231 Å². The summed E-state index contributed by atoms with van der Waals surface area (Å²) in [5, 5.41) is 9.90. The van der Waals surface area contributed by atoms with Gasteiger partial charge in [-0.25, -0.2) is 0 Å². The van der Waals surface area contributed by atoms with Crippen molar-refractivity contribution in [1.29, 1.82) is 0 Å². The Morgan fingerprint density at radius 2 is 0.391 bits per heavy atom. The molecule has 0 unspecified atom stereocenters. The highest BCUT2D eigenvalue weighted by Crippen LogP contribution is 2.44. The second kappa shape index (κ2) is 13.4. The number of para-hydroxylation sites is 8. The van der Waals surface area contributed by atoms with Crippen LogP contribution in [0.25, 0.3) is 121 Å². The van der Waals surface area contributed by atoms with Gasteiger partial charge >= 0.3 is 0 Å². The van der Waals surface area contributed by atoms with Gasteiger partial charge in [0.2, 0.25) is 0 Å². The van der Waals surface area contributed by atoms with Crippen LogP contribution in [-0.2, 0) is 0 Å². The molecule has 0 N–H and O–H groups in total. The zero-order chi connectivity index (χ0) is 41.9. The number of fused-ring (bicyclic) bond motifs is 12. The highest BCUT2D eigenvalue weighted by Gasteiger charge is 2.23. The summed E-state index contributed by atoms with van der Waals surface area (Å²) in [6.45, 7) is 0. The molecule has 4 heteroatoms. The lowest BCUT2D eigenvalue weighted by atomic mass is 9.98. The molecule has 4 nitrogen and oxygen atoms in total. The standard InChI is InChI=1S/C60H38N4/c1-9-25-51-41(17-1)42-18-2-10-26-52(42)61(51)39-33-35-59(63-55-29-13-5-21-45(55)46-22-6-14-30-56(46)63)49(37-39)50-38-40(62-53-27-11-3-19-43(53)44-20-4-12-28-54(44)62)34-36-60(50)64-57-31-15-7-23-47(57)48-24-8-16-32-58(48)64/h1-38H. The van der Waals surface area contributed by atoms with Crippen LogP contribution in [0.4, 0.5) is 0 Å². The Labute approximate surface area is 368 Å². The van der Waals surface area contributed by atoms with Gasteiger partial charge in [-0.2, -0.15) is 0 Å². The van der Waals surface area contributed by atoms with Crippen molar-refractivity contribution in [2.75, 3.05) is 0 Å². The first-order chi connectivity index (χ1) is 31.8. The highest BCUT2D eigenvalue weighted by atomic mass is 15.0. The summed E-state index contributed by atoms with van der Waals surface area (Å²) in [7, 11) is 0. The van der Waals surface area contributed by atoms with Crippen molar-refractivity contribution in [3.05, 3.63) is 231 Å². The van der Waals surface area contributed by atoms with Crippen LogP contribution in [0.2, 0.25) is 0 Å². The molecule has 14 aromatic rings. The molecule has 0 atom stereocenters. The van der Waals surface area contributed by atoms with Gasteiger partial charge in [0.25, 0.3) is 0 Å². The molecule has 0 aliphatic rings. The van der Waals surface area contributed by atoms with E-state index < -0.39 is 0 Å². The summed E-state index contributed by atoms with van der Waals surface area (Å²) < 4.78 is 9.86. The Morgan fingerprint density at radius 1 is 0.188 bits per heavy atom. The largest absolute Gasteiger partial charge is 0.309 e. The average Bonchev–Trinajstić information content (AvgIpc) is 4.09. The SMILES string of the molecule is c1ccc2c(c1)c1ccccc1n2-c1ccc(-n2c3ccccc3c3ccccc32)c(-c2cc(-n3c4ccccc4c4ccccc43)ccc2-n2c3ccccc3c3ccccc32)c1. The van der Waals surface area contributed by atoms with Gasteiger partial charge in [-0.3, -0.25) is 0 Å². The predicted molar refractivity (Wildman–Crippen MR) is 269 cm³/mol. The second-order valence-corrected chi connectivity index (χ2v) is 16.9. The van der Waals surface area contributed by atoms with E-state index in [4.69, 9.17) is 0 Å². The van der Waals surface area contributed by atoms with Crippen molar-refractivity contribution in [2.45, 2.75) is 0 Å². The van der Waals surface area contributed by atoms with Crippen molar-refractivity contribution < 1.29 is 0 Å². The maximum atomic E-state index is 2.48. The molecule has 64 heavy (non-hydrogen) atoms. The third-order valence-corrected chi connectivity index (χ3v) is 13.6. The molecular formula is C60H38N4. The number of hydrogen-bond acceptors (Lipinski definition) is 0. The predicted octanol–water partition coefficient (Wildman–Crippen LogP) is 15.7. The van der Waals surface area contributed by atoms with Gasteiger partial charge in [-0.15, -0.1) is 0 Å². The Morgan fingerprint density at radius 3 is 0.625 bits per heavy atom. The van der Waals surface area contributed by atoms with Crippen LogP contribution in [0.1, 0.15) is 0 Å². The molecule has 4 heterocycles. The molecule has 0 radical (unpaired) electrons. The maximum absolute atomic E-state index is 2.48. The van der Waals surface area contributed by atoms with E-state index >= 15 is 0 Å². The molecular weight excluding hydrogens is 777 g/mol. The first kappa shape index (κ1) is 35.0. The van der Waals surface area contributed by atoms with Gasteiger partial charge in [0, 0.05) is 65.6 Å². The fourth-order valence-electron chi connectivity index (χ4n) is 10.9. The Bertz CT molecular complexity index is 3720. The Hall–Kier alpha value is -8.60. The molecule has 0 fully saturated rings. The van der Waals surface area contributed by atoms with Gasteiger partial charge in [0.05, 0.1) is 55.5 Å². The van der Waals surface area contributed by atoms with Crippen LogP contribution < -0.4 is 0 Å². The van der Waals surface area contributed by atoms with Crippen LogP contribution in [-0.4, -0.2) is 18.3 Å². The van der Waals surface area contributed by atoms with Crippen molar-refractivity contribution >= 4 is 87.2 Å². The quantitative estimate of drug-likeness (QED) is 0.165. The first-order valence-corrected chi connectivity index (χ1v) is 22.0. The summed E-state index contributed by atoms with van der Waals surface area (Å²) in [4.78, 5) is 0. The number of nitrogens with zero attached hydrogens (tertiary/aromatic N) is 4. The normalized spacial score (nSPS) is 12.1. The average molecular weight is 815 g/mol. The van der Waals surface area contributed by atoms with Crippen LogP contribution >= 0.6 is 0 Å². The smallest absolute Gasteiger partial charge is 0.0542 e. The van der Waals surface area contributed by atoms with E-state index in [0.717, 1.165) is 33.9 Å². The van der Waals surface area contributed by atoms with Crippen molar-refractivity contribution in [1.82, 2.24) is 18.3 Å². The minimum absolute atomic E-state index is 1.10. The zero-order valence-corrected chi connectivity index (χ0v) is 34.7. The van der Waals surface area contributed by atoms with E-state index in [9.17, 15) is 0 Å². The Kier molecular flexibility index (Phi) is 7.36. The molecule has 0 aliphatic carbocycles. The number of benzene rings is 10. The highest BCUT2D eigenvalue weighted by molar-refractivity contribution is 6.13. The molecule has 298 valence electrons. The van der Waals surface area contributed by atoms with E-state index in [1.54, 1.807) is 0 Å². The minimum Gasteiger partial charge on any atom is -0.309 e. The summed E-state index contributed by atoms with van der Waals surface area (Å²) >= 11 is 0. The van der Waals surface area contributed by atoms with Crippen LogP contribution in [0, 0.1) is 0 Å². The molecule has 14 rings (SSSR count). The molecule has 0 saturated heterocycles. The monoisotopic (exact) mass is 814 g/mol. The first-order valence-electron chi connectivity index (χ1n) is 22.0. The second-order valence-electron chi connectivity index (χ2n) is 16.9. The maximum Gasteiger partial charge on any atom is 0.0542 e. The molecule has 0 spiro atoms. The lowest BCUT2D eigenvalue weighted by Crippen LogP contribution is -2.05. The van der Waals surface area contributed by atoms with E-state index in [1.807, 2.05) is 0 Å². The lowest BCUT2D eigenvalue weighted by molar-refractivity contribution is 1.13. The molecule has 0 saturated carbocycles. The fourth-order valence-corrected chi connectivity index (χ4v) is 10.9. The summed E-state index contributed by atoms with van der Waals surface area (Å²) in [6.07, 6.45) is 0. The topological polar surface area (TPSA) is 19.7 Å². The van der Waals surface area contributed by atoms with Crippen LogP contribution in [0.5, 0.6) is 0 Å². The molecule has 0 bridgehead atoms. The van der Waals surface area contributed by atoms with Gasteiger partial charge in [0.15, 0.2) is 0 Å². The van der Waals surface area contributed by atoms with Gasteiger partial charge < -0.3 is 18.3 Å². The van der Waals surface area contributed by atoms with E-state index in [1.165, 1.54) is 87.2 Å².